The van der Waals surface area contributed by atoms with E-state index in [1.54, 1.807) is 13.2 Å². The molecular formula is C14H16BrN5O3. The van der Waals surface area contributed by atoms with E-state index in [1.165, 1.54) is 6.33 Å². The predicted molar refractivity (Wildman–Crippen MR) is 91.1 cm³/mol. The van der Waals surface area contributed by atoms with E-state index in [9.17, 15) is 10.1 Å². The monoisotopic (exact) mass is 381 g/mol. The number of aromatic nitrogens is 2. The van der Waals surface area contributed by atoms with Crippen LogP contribution in [0, 0.1) is 10.1 Å². The molecule has 1 aromatic heterocycles. The first kappa shape index (κ1) is 17.1. The van der Waals surface area contributed by atoms with E-state index in [1.807, 2.05) is 25.1 Å². The SMILES string of the molecule is COCC(C)Nc1ncnc(Nc2ccccc2Br)c1[N+](=O)[O-]. The zero-order chi connectivity index (χ0) is 16.8. The molecule has 8 nitrogen and oxygen atoms in total. The van der Waals surface area contributed by atoms with Gasteiger partial charge in [0, 0.05) is 17.6 Å². The number of nitro groups is 1. The molecule has 0 radical (unpaired) electrons. The second-order valence-electron chi connectivity index (χ2n) is 4.78. The smallest absolute Gasteiger partial charge is 0.353 e. The third-order valence-electron chi connectivity index (χ3n) is 2.93. The Kier molecular flexibility index (Phi) is 5.83. The van der Waals surface area contributed by atoms with Crippen molar-refractivity contribution >= 4 is 38.9 Å². The van der Waals surface area contributed by atoms with Crippen molar-refractivity contribution in [2.24, 2.45) is 0 Å². The molecule has 0 aliphatic rings. The molecule has 1 atom stereocenters. The summed E-state index contributed by atoms with van der Waals surface area (Å²) in [4.78, 5) is 18.9. The molecule has 0 spiro atoms. The molecule has 23 heavy (non-hydrogen) atoms. The van der Waals surface area contributed by atoms with E-state index in [2.05, 4.69) is 36.5 Å². The van der Waals surface area contributed by atoms with Crippen LogP contribution >= 0.6 is 15.9 Å². The van der Waals surface area contributed by atoms with Crippen LogP contribution in [0.4, 0.5) is 23.0 Å². The fourth-order valence-corrected chi connectivity index (χ4v) is 2.35. The third-order valence-corrected chi connectivity index (χ3v) is 3.62. The lowest BCUT2D eigenvalue weighted by Gasteiger charge is -2.14. The first-order valence-electron chi connectivity index (χ1n) is 6.79. The first-order chi connectivity index (χ1) is 11.0. The molecule has 1 aromatic carbocycles. The van der Waals surface area contributed by atoms with Crippen LogP contribution in [0.1, 0.15) is 6.92 Å². The topological polar surface area (TPSA) is 102 Å². The van der Waals surface area contributed by atoms with Gasteiger partial charge in [0.15, 0.2) is 0 Å². The molecule has 2 aromatic rings. The Morgan fingerprint density at radius 1 is 1.35 bits per heavy atom. The van der Waals surface area contributed by atoms with Crippen molar-refractivity contribution in [3.8, 4) is 0 Å². The van der Waals surface area contributed by atoms with Gasteiger partial charge in [0.25, 0.3) is 0 Å². The number of benzene rings is 1. The van der Waals surface area contributed by atoms with Crippen molar-refractivity contribution in [1.29, 1.82) is 0 Å². The lowest BCUT2D eigenvalue weighted by Crippen LogP contribution is -2.22. The van der Waals surface area contributed by atoms with E-state index >= 15 is 0 Å². The summed E-state index contributed by atoms with van der Waals surface area (Å²) in [6.45, 7) is 2.24. The number of hydrogen-bond donors (Lipinski definition) is 2. The van der Waals surface area contributed by atoms with Gasteiger partial charge >= 0.3 is 5.69 Å². The number of methoxy groups -OCH3 is 1. The summed E-state index contributed by atoms with van der Waals surface area (Å²) >= 11 is 3.39. The molecule has 0 aliphatic heterocycles. The highest BCUT2D eigenvalue weighted by Crippen LogP contribution is 2.33. The van der Waals surface area contributed by atoms with Crippen molar-refractivity contribution in [2.45, 2.75) is 13.0 Å². The van der Waals surface area contributed by atoms with E-state index in [4.69, 9.17) is 4.74 Å². The minimum Gasteiger partial charge on any atom is -0.383 e. The van der Waals surface area contributed by atoms with Crippen LogP contribution in [0.3, 0.4) is 0 Å². The summed E-state index contributed by atoms with van der Waals surface area (Å²) in [5.74, 6) is 0.258. The highest BCUT2D eigenvalue weighted by atomic mass is 79.9. The Balaban J connectivity index is 2.36. The van der Waals surface area contributed by atoms with Gasteiger partial charge in [-0.25, -0.2) is 9.97 Å². The van der Waals surface area contributed by atoms with E-state index in [0.717, 1.165) is 4.47 Å². The van der Waals surface area contributed by atoms with Gasteiger partial charge in [-0.3, -0.25) is 10.1 Å². The average molecular weight is 382 g/mol. The highest BCUT2D eigenvalue weighted by Gasteiger charge is 2.24. The van der Waals surface area contributed by atoms with Crippen LogP contribution in [-0.2, 0) is 4.74 Å². The zero-order valence-electron chi connectivity index (χ0n) is 12.6. The molecule has 0 aliphatic carbocycles. The normalized spacial score (nSPS) is 11.8. The van der Waals surface area contributed by atoms with E-state index in [-0.39, 0.29) is 23.4 Å². The molecule has 0 fully saturated rings. The Hall–Kier alpha value is -2.26. The largest absolute Gasteiger partial charge is 0.383 e. The number of nitrogens with one attached hydrogen (secondary N) is 2. The summed E-state index contributed by atoms with van der Waals surface area (Å²) in [7, 11) is 1.56. The Morgan fingerprint density at radius 3 is 2.70 bits per heavy atom. The summed E-state index contributed by atoms with van der Waals surface area (Å²) < 4.78 is 5.79. The second-order valence-corrected chi connectivity index (χ2v) is 5.64. The molecule has 2 N–H and O–H groups in total. The quantitative estimate of drug-likeness (QED) is 0.559. The summed E-state index contributed by atoms with van der Waals surface area (Å²) in [6.07, 6.45) is 1.27. The number of para-hydroxylation sites is 1. The number of halogens is 1. The number of rotatable bonds is 7. The van der Waals surface area contributed by atoms with Crippen LogP contribution in [0.5, 0.6) is 0 Å². The van der Waals surface area contributed by atoms with Gasteiger partial charge in [-0.15, -0.1) is 0 Å². The molecule has 0 saturated carbocycles. The maximum atomic E-state index is 11.5. The van der Waals surface area contributed by atoms with Gasteiger partial charge in [0.1, 0.15) is 6.33 Å². The van der Waals surface area contributed by atoms with Gasteiger partial charge in [-0.05, 0) is 35.0 Å². The molecule has 1 unspecified atom stereocenters. The fraction of sp³-hybridized carbons (Fsp3) is 0.286. The predicted octanol–water partition coefficient (Wildman–Crippen LogP) is 3.34. The minimum absolute atomic E-state index is 0.115. The summed E-state index contributed by atoms with van der Waals surface area (Å²) in [6, 6.07) is 7.15. The van der Waals surface area contributed by atoms with Gasteiger partial charge < -0.3 is 15.4 Å². The van der Waals surface area contributed by atoms with Gasteiger partial charge in [-0.2, -0.15) is 0 Å². The van der Waals surface area contributed by atoms with Crippen LogP contribution < -0.4 is 10.6 Å². The molecule has 9 heteroatoms. The standard InChI is InChI=1S/C14H16BrN5O3/c1-9(7-23-2)18-13-12(20(21)22)14(17-8-16-13)19-11-6-4-3-5-10(11)15/h3-6,8-9H,7H2,1-2H3,(H2,16,17,18,19). The Bertz CT molecular complexity index is 698. The highest BCUT2D eigenvalue weighted by molar-refractivity contribution is 9.10. The number of anilines is 3. The maximum absolute atomic E-state index is 11.5. The third kappa shape index (κ3) is 4.36. The Labute approximate surface area is 141 Å². The van der Waals surface area contributed by atoms with Gasteiger partial charge in [-0.1, -0.05) is 12.1 Å². The van der Waals surface area contributed by atoms with Crippen LogP contribution in [-0.4, -0.2) is 34.6 Å². The fourth-order valence-electron chi connectivity index (χ4n) is 1.96. The zero-order valence-corrected chi connectivity index (χ0v) is 14.2. The molecule has 0 saturated heterocycles. The van der Waals surface area contributed by atoms with E-state index in [0.29, 0.717) is 12.3 Å². The molecule has 0 bridgehead atoms. The van der Waals surface area contributed by atoms with Crippen LogP contribution in [0.2, 0.25) is 0 Å². The first-order valence-corrected chi connectivity index (χ1v) is 7.58. The molecule has 0 amide bonds. The molecule has 2 rings (SSSR count). The lowest BCUT2D eigenvalue weighted by atomic mass is 10.3. The Morgan fingerprint density at radius 2 is 2.04 bits per heavy atom. The molecule has 122 valence electrons. The van der Waals surface area contributed by atoms with Crippen LogP contribution in [0.15, 0.2) is 35.1 Å². The van der Waals surface area contributed by atoms with E-state index < -0.39 is 4.92 Å². The molecule has 1 heterocycles. The maximum Gasteiger partial charge on any atom is 0.353 e. The van der Waals surface area contributed by atoms with Crippen molar-refractivity contribution in [2.75, 3.05) is 24.4 Å². The number of ether oxygens (including phenoxy) is 1. The number of hydrogen-bond acceptors (Lipinski definition) is 7. The van der Waals surface area contributed by atoms with Crippen molar-refractivity contribution in [3.05, 3.63) is 45.2 Å². The summed E-state index contributed by atoms with van der Waals surface area (Å²) in [5, 5.41) is 17.4. The van der Waals surface area contributed by atoms with Crippen molar-refractivity contribution in [1.82, 2.24) is 9.97 Å². The molecular weight excluding hydrogens is 366 g/mol. The second kappa shape index (κ2) is 7.84. The van der Waals surface area contributed by atoms with Gasteiger partial charge in [0.2, 0.25) is 11.6 Å². The summed E-state index contributed by atoms with van der Waals surface area (Å²) in [5.41, 5.74) is 0.455. The minimum atomic E-state index is -0.513. The lowest BCUT2D eigenvalue weighted by molar-refractivity contribution is -0.383. The van der Waals surface area contributed by atoms with Gasteiger partial charge in [0.05, 0.1) is 17.2 Å². The number of nitrogens with zero attached hydrogens (tertiary/aromatic N) is 3. The van der Waals surface area contributed by atoms with Crippen molar-refractivity contribution in [3.63, 3.8) is 0 Å². The average Bonchev–Trinajstić information content (AvgIpc) is 2.49. The van der Waals surface area contributed by atoms with Crippen molar-refractivity contribution < 1.29 is 9.66 Å². The van der Waals surface area contributed by atoms with Crippen LogP contribution in [0.25, 0.3) is 0 Å².